The molecule has 1 aromatic rings. The fourth-order valence-electron chi connectivity index (χ4n) is 3.43. The first kappa shape index (κ1) is 31.0. The van der Waals surface area contributed by atoms with Gasteiger partial charge in [0.15, 0.2) is 0 Å². The molecule has 0 amide bonds. The van der Waals surface area contributed by atoms with E-state index < -0.39 is 11.7 Å². The van der Waals surface area contributed by atoms with Crippen molar-refractivity contribution in [3.8, 4) is 11.5 Å². The maximum absolute atomic E-state index is 13.1. The number of benzene rings is 1. The molecule has 0 fully saturated rings. The number of methoxy groups -OCH3 is 1. The van der Waals surface area contributed by atoms with Crippen molar-refractivity contribution < 1.29 is 19.7 Å². The topological polar surface area (TPSA) is 72.4 Å². The molecule has 0 heterocycles. The molecular weight excluding hydrogens is 425 g/mol. The van der Waals surface area contributed by atoms with E-state index in [-0.39, 0.29) is 28.6 Å². The van der Waals surface area contributed by atoms with E-state index in [9.17, 15) is 15.0 Å². The summed E-state index contributed by atoms with van der Waals surface area (Å²) < 4.78 is 5.46. The van der Waals surface area contributed by atoms with Crippen LogP contribution in [0, 0.1) is 0 Å². The summed E-state index contributed by atoms with van der Waals surface area (Å²) in [6.07, 6.45) is 12.7. The first-order valence-electron chi connectivity index (χ1n) is 11.3. The number of carbonyl (C=O) groups is 1. The monoisotopic (exact) mass is 462 g/mol. The number of aromatic carboxylic acids is 1. The number of hydrogen-bond donors (Lipinski definition) is 0. The smallest absolute Gasteiger partial charge is 0.872 e. The van der Waals surface area contributed by atoms with E-state index in [1.807, 2.05) is 26.0 Å². The molecule has 0 spiro atoms. The van der Waals surface area contributed by atoms with Crippen LogP contribution in [0.1, 0.15) is 88.7 Å². The van der Waals surface area contributed by atoms with E-state index in [2.05, 4.69) is 39.8 Å². The summed E-state index contributed by atoms with van der Waals surface area (Å²) in [6.45, 7) is 12.3. The molecule has 0 aromatic heterocycles. The van der Waals surface area contributed by atoms with Crippen molar-refractivity contribution in [3.63, 3.8) is 0 Å². The average Bonchev–Trinajstić information content (AvgIpc) is 2.70. The quantitative estimate of drug-likeness (QED) is 0.315. The van der Waals surface area contributed by atoms with Crippen molar-refractivity contribution in [1.82, 2.24) is 0 Å². The van der Waals surface area contributed by atoms with E-state index in [0.717, 1.165) is 36.8 Å². The fraction of sp³-hybridized carbons (Fsp3) is 0.464. The van der Waals surface area contributed by atoms with Crippen molar-refractivity contribution in [3.05, 3.63) is 69.4 Å². The fourth-order valence-corrected chi connectivity index (χ4v) is 3.43. The number of ether oxygens (including phenoxy) is 1. The minimum absolute atomic E-state index is 0. The average molecular weight is 463 g/mol. The summed E-state index contributed by atoms with van der Waals surface area (Å²) in [5, 5.41) is 24.9. The largest absolute Gasteiger partial charge is 2.00 e. The predicted octanol–water partition coefficient (Wildman–Crippen LogP) is 5.22. The number of carboxylic acids is 1. The van der Waals surface area contributed by atoms with E-state index in [1.54, 1.807) is 6.07 Å². The van der Waals surface area contributed by atoms with Gasteiger partial charge in [-0.25, -0.2) is 0 Å². The maximum Gasteiger partial charge on any atom is 2.00 e. The Labute approximate surface area is 216 Å². The minimum atomic E-state index is -1.44. The number of rotatable bonds is 12. The van der Waals surface area contributed by atoms with Crippen LogP contribution in [-0.2, 0) is 12.8 Å². The van der Waals surface area contributed by atoms with Crippen LogP contribution < -0.4 is 14.9 Å². The van der Waals surface area contributed by atoms with Crippen LogP contribution in [0.5, 0.6) is 11.5 Å². The second-order valence-corrected chi connectivity index (χ2v) is 8.86. The zero-order valence-electron chi connectivity index (χ0n) is 21.5. The SMILES string of the molecule is COc1cc(C/C=C(\C)CCC=C(C)C)c(C(=O)[O-])c([O-])c1C/C=C(\C)CCC=C(C)C.[Mg+2]. The molecular formula is C28H38MgO4. The minimum Gasteiger partial charge on any atom is -0.872 e. The molecule has 33 heavy (non-hydrogen) atoms. The van der Waals surface area contributed by atoms with Crippen molar-refractivity contribution in [2.24, 2.45) is 0 Å². The van der Waals surface area contributed by atoms with Gasteiger partial charge in [0.05, 0.1) is 13.1 Å². The number of carboxylic acid groups (broad SMARTS) is 1. The standard InChI is InChI=1S/C28H40O4.Mg/c1-19(2)10-8-12-21(5)14-16-23-18-25(32-7)24(27(29)26(23)28(30)31)17-15-22(6)13-9-11-20(3)4;/h10-11,14-15,18,29H,8-9,12-13,16-17H2,1-7H3,(H,30,31);/q;+2/p-2/b21-14+,22-15+;. The molecule has 0 N–H and O–H groups in total. The third-order valence-corrected chi connectivity index (χ3v) is 5.36. The molecule has 0 bridgehead atoms. The molecule has 5 heteroatoms. The van der Waals surface area contributed by atoms with Crippen LogP contribution in [0.4, 0.5) is 0 Å². The van der Waals surface area contributed by atoms with Gasteiger partial charge in [-0.1, -0.05) is 52.3 Å². The van der Waals surface area contributed by atoms with Gasteiger partial charge in [0.2, 0.25) is 0 Å². The summed E-state index contributed by atoms with van der Waals surface area (Å²) in [5.74, 6) is -1.52. The molecule has 0 aliphatic rings. The Kier molecular flexibility index (Phi) is 14.8. The summed E-state index contributed by atoms with van der Waals surface area (Å²) in [4.78, 5) is 11.8. The third kappa shape index (κ3) is 11.1. The summed E-state index contributed by atoms with van der Waals surface area (Å²) >= 11 is 0. The molecule has 0 saturated heterocycles. The van der Waals surface area contributed by atoms with Gasteiger partial charge in [-0.15, -0.1) is 0 Å². The molecule has 4 nitrogen and oxygen atoms in total. The molecule has 0 atom stereocenters. The van der Waals surface area contributed by atoms with Gasteiger partial charge in [-0.3, -0.25) is 0 Å². The van der Waals surface area contributed by atoms with Crippen molar-refractivity contribution in [2.75, 3.05) is 7.11 Å². The van der Waals surface area contributed by atoms with Gasteiger partial charge in [0.25, 0.3) is 0 Å². The van der Waals surface area contributed by atoms with E-state index in [1.165, 1.54) is 18.3 Å². The predicted molar refractivity (Wildman–Crippen MR) is 135 cm³/mol. The van der Waals surface area contributed by atoms with Crippen LogP contribution in [0.15, 0.2) is 52.7 Å². The molecule has 1 aromatic carbocycles. The number of allylic oxidation sites excluding steroid dienone is 8. The molecule has 0 aliphatic heterocycles. The van der Waals surface area contributed by atoms with Gasteiger partial charge >= 0.3 is 23.1 Å². The molecule has 176 valence electrons. The first-order chi connectivity index (χ1) is 15.1. The molecule has 0 saturated carbocycles. The van der Waals surface area contributed by atoms with Gasteiger partial charge in [0.1, 0.15) is 5.75 Å². The Morgan fingerprint density at radius 2 is 1.36 bits per heavy atom. The summed E-state index contributed by atoms with van der Waals surface area (Å²) in [7, 11) is 1.51. The van der Waals surface area contributed by atoms with Crippen molar-refractivity contribution in [2.45, 2.75) is 80.1 Å². The van der Waals surface area contributed by atoms with Gasteiger partial charge in [-0.2, -0.15) is 0 Å². The summed E-state index contributed by atoms with van der Waals surface area (Å²) in [6, 6.07) is 1.67. The van der Waals surface area contributed by atoms with Gasteiger partial charge < -0.3 is 19.7 Å². The number of hydrogen-bond acceptors (Lipinski definition) is 4. The van der Waals surface area contributed by atoms with Crippen LogP contribution in [-0.4, -0.2) is 36.1 Å². The maximum atomic E-state index is 13.1. The Bertz CT molecular complexity index is 912. The Morgan fingerprint density at radius 3 is 1.79 bits per heavy atom. The van der Waals surface area contributed by atoms with Crippen LogP contribution in [0.3, 0.4) is 0 Å². The molecule has 0 unspecified atom stereocenters. The molecule has 0 radical (unpaired) electrons. The van der Waals surface area contributed by atoms with E-state index in [4.69, 9.17) is 4.74 Å². The zero-order valence-corrected chi connectivity index (χ0v) is 22.9. The normalized spacial score (nSPS) is 11.5. The Morgan fingerprint density at radius 1 is 0.879 bits per heavy atom. The van der Waals surface area contributed by atoms with Crippen LogP contribution in [0.2, 0.25) is 0 Å². The summed E-state index contributed by atoms with van der Waals surface area (Å²) in [5.41, 5.74) is 5.38. The Hall–Kier alpha value is -1.98. The second kappa shape index (κ2) is 15.8. The second-order valence-electron chi connectivity index (χ2n) is 8.86. The third-order valence-electron chi connectivity index (χ3n) is 5.36. The number of carbonyl (C=O) groups excluding carboxylic acids is 1. The van der Waals surface area contributed by atoms with E-state index in [0.29, 0.717) is 29.7 Å². The van der Waals surface area contributed by atoms with E-state index >= 15 is 0 Å². The van der Waals surface area contributed by atoms with Crippen molar-refractivity contribution >= 4 is 29.0 Å². The molecule has 1 rings (SSSR count). The molecule has 0 aliphatic carbocycles. The first-order valence-corrected chi connectivity index (χ1v) is 11.3. The van der Waals surface area contributed by atoms with Crippen LogP contribution >= 0.6 is 0 Å². The zero-order chi connectivity index (χ0) is 24.3. The van der Waals surface area contributed by atoms with Crippen LogP contribution in [0.25, 0.3) is 0 Å². The van der Waals surface area contributed by atoms with Crippen molar-refractivity contribution in [1.29, 1.82) is 0 Å². The van der Waals surface area contributed by atoms with Gasteiger partial charge in [0, 0.05) is 0 Å². The van der Waals surface area contributed by atoms with Gasteiger partial charge in [-0.05, 0) is 103 Å². The Balaban J connectivity index is 0.0000102.